The molecule has 0 rings (SSSR count). The van der Waals surface area contributed by atoms with Crippen LogP contribution in [0.15, 0.2) is 11.6 Å². The van der Waals surface area contributed by atoms with Crippen LogP contribution < -0.4 is 0 Å². The SMILES string of the molecule is CCC(OC)(OC)C(C)=CC[SiH3]. The van der Waals surface area contributed by atoms with Crippen LogP contribution in [-0.4, -0.2) is 30.2 Å². The van der Waals surface area contributed by atoms with Gasteiger partial charge in [-0.1, -0.05) is 13.0 Å². The summed E-state index contributed by atoms with van der Waals surface area (Å²) in [5.74, 6) is -0.482. The van der Waals surface area contributed by atoms with Crippen molar-refractivity contribution in [3.63, 3.8) is 0 Å². The largest absolute Gasteiger partial charge is 0.349 e. The summed E-state index contributed by atoms with van der Waals surface area (Å²) in [5.41, 5.74) is 1.19. The number of rotatable bonds is 5. The highest BCUT2D eigenvalue weighted by Gasteiger charge is 2.28. The van der Waals surface area contributed by atoms with Crippen LogP contribution in [-0.2, 0) is 9.47 Å². The third-order valence-corrected chi connectivity index (χ3v) is 2.64. The third-order valence-electron chi connectivity index (χ3n) is 2.24. The Morgan fingerprint density at radius 2 is 1.92 bits per heavy atom. The van der Waals surface area contributed by atoms with Gasteiger partial charge in [-0.25, -0.2) is 0 Å². The zero-order valence-corrected chi connectivity index (χ0v) is 10.8. The molecule has 2 nitrogen and oxygen atoms in total. The fourth-order valence-corrected chi connectivity index (χ4v) is 2.05. The predicted octanol–water partition coefficient (Wildman–Crippen LogP) is 1.12. The molecule has 72 valence electrons. The van der Waals surface area contributed by atoms with E-state index in [1.807, 2.05) is 0 Å². The molecule has 0 aliphatic carbocycles. The molecule has 0 unspecified atom stereocenters. The highest BCUT2D eigenvalue weighted by atomic mass is 28.1. The van der Waals surface area contributed by atoms with E-state index in [-0.39, 0.29) is 0 Å². The first-order valence-electron chi connectivity index (χ1n) is 4.44. The van der Waals surface area contributed by atoms with Gasteiger partial charge in [0.2, 0.25) is 0 Å². The van der Waals surface area contributed by atoms with Crippen LogP contribution in [0.5, 0.6) is 0 Å². The van der Waals surface area contributed by atoms with Crippen molar-refractivity contribution < 1.29 is 9.47 Å². The van der Waals surface area contributed by atoms with Crippen molar-refractivity contribution in [2.75, 3.05) is 14.2 Å². The summed E-state index contributed by atoms with van der Waals surface area (Å²) in [6, 6.07) is 1.15. The van der Waals surface area contributed by atoms with Gasteiger partial charge in [0.05, 0.1) is 0 Å². The van der Waals surface area contributed by atoms with Gasteiger partial charge in [0, 0.05) is 30.9 Å². The van der Waals surface area contributed by atoms with Crippen LogP contribution in [0.1, 0.15) is 20.3 Å². The van der Waals surface area contributed by atoms with E-state index in [1.54, 1.807) is 14.2 Å². The Balaban J connectivity index is 4.58. The van der Waals surface area contributed by atoms with Crippen molar-refractivity contribution in [3.8, 4) is 0 Å². The lowest BCUT2D eigenvalue weighted by Crippen LogP contribution is -2.34. The number of hydrogen-bond acceptors (Lipinski definition) is 2. The lowest BCUT2D eigenvalue weighted by Gasteiger charge is -2.30. The van der Waals surface area contributed by atoms with E-state index in [0.29, 0.717) is 0 Å². The minimum atomic E-state index is -0.482. The first-order valence-corrected chi connectivity index (χ1v) is 5.85. The summed E-state index contributed by atoms with van der Waals surface area (Å²) < 4.78 is 10.8. The molecule has 0 amide bonds. The summed E-state index contributed by atoms with van der Waals surface area (Å²) in [6.45, 7) is 4.13. The zero-order valence-electron chi connectivity index (χ0n) is 8.81. The number of hydrogen-bond donors (Lipinski definition) is 0. The average Bonchev–Trinajstić information content (AvgIpc) is 2.09. The maximum Gasteiger partial charge on any atom is 0.189 e. The summed E-state index contributed by atoms with van der Waals surface area (Å²) in [5, 5.41) is 0. The van der Waals surface area contributed by atoms with E-state index in [1.165, 1.54) is 15.8 Å². The van der Waals surface area contributed by atoms with Crippen molar-refractivity contribution in [2.24, 2.45) is 0 Å². The Labute approximate surface area is 78.4 Å². The molecule has 0 spiro atoms. The molecular weight excluding hydrogens is 168 g/mol. The van der Waals surface area contributed by atoms with Gasteiger partial charge in [-0.3, -0.25) is 0 Å². The third kappa shape index (κ3) is 2.44. The van der Waals surface area contributed by atoms with Crippen molar-refractivity contribution in [2.45, 2.75) is 32.1 Å². The Hall–Kier alpha value is -0.123. The van der Waals surface area contributed by atoms with Gasteiger partial charge in [0.25, 0.3) is 0 Å². The molecule has 0 N–H and O–H groups in total. The lowest BCUT2D eigenvalue weighted by molar-refractivity contribution is -0.179. The topological polar surface area (TPSA) is 18.5 Å². The quantitative estimate of drug-likeness (QED) is 0.366. The second kappa shape index (κ2) is 5.51. The molecule has 0 aliphatic heterocycles. The van der Waals surface area contributed by atoms with Gasteiger partial charge in [0.1, 0.15) is 0 Å². The normalized spacial score (nSPS) is 13.8. The van der Waals surface area contributed by atoms with Crippen LogP contribution in [0.4, 0.5) is 0 Å². The van der Waals surface area contributed by atoms with Crippen molar-refractivity contribution in [1.82, 2.24) is 0 Å². The summed E-state index contributed by atoms with van der Waals surface area (Å²) >= 11 is 0. The van der Waals surface area contributed by atoms with Crippen molar-refractivity contribution in [3.05, 3.63) is 11.6 Å². The second-order valence-corrected chi connectivity index (χ2v) is 3.63. The van der Waals surface area contributed by atoms with Gasteiger partial charge in [-0.2, -0.15) is 0 Å². The standard InChI is InChI=1S/C9H20O2Si/c1-5-9(10-3,11-4)8(2)6-7-12/h6H,5,7H2,1-4,12H3. The van der Waals surface area contributed by atoms with E-state index in [0.717, 1.165) is 12.5 Å². The monoisotopic (exact) mass is 188 g/mol. The molecule has 0 aromatic heterocycles. The summed E-state index contributed by atoms with van der Waals surface area (Å²) in [7, 11) is 4.57. The van der Waals surface area contributed by atoms with Gasteiger partial charge >= 0.3 is 0 Å². The number of ether oxygens (including phenoxy) is 2. The fraction of sp³-hybridized carbons (Fsp3) is 0.778. The smallest absolute Gasteiger partial charge is 0.189 e. The summed E-state index contributed by atoms with van der Waals surface area (Å²) in [4.78, 5) is 0. The first-order chi connectivity index (χ1) is 5.66. The molecule has 0 saturated carbocycles. The minimum Gasteiger partial charge on any atom is -0.349 e. The van der Waals surface area contributed by atoms with E-state index in [2.05, 4.69) is 19.9 Å². The Morgan fingerprint density at radius 1 is 1.42 bits per heavy atom. The van der Waals surface area contributed by atoms with Crippen LogP contribution in [0.3, 0.4) is 0 Å². The highest BCUT2D eigenvalue weighted by Crippen LogP contribution is 2.25. The van der Waals surface area contributed by atoms with Gasteiger partial charge in [0.15, 0.2) is 5.79 Å². The Morgan fingerprint density at radius 3 is 2.17 bits per heavy atom. The summed E-state index contributed by atoms with van der Waals surface area (Å²) in [6.07, 6.45) is 3.05. The molecule has 0 radical (unpaired) electrons. The minimum absolute atomic E-state index is 0.482. The molecule has 0 heterocycles. The Bertz CT molecular complexity index is 142. The van der Waals surface area contributed by atoms with Crippen LogP contribution in [0.25, 0.3) is 0 Å². The molecule has 12 heavy (non-hydrogen) atoms. The molecular formula is C9H20O2Si. The van der Waals surface area contributed by atoms with E-state index in [4.69, 9.17) is 9.47 Å². The van der Waals surface area contributed by atoms with E-state index in [9.17, 15) is 0 Å². The molecule has 0 fully saturated rings. The van der Waals surface area contributed by atoms with Gasteiger partial charge in [-0.05, 0) is 18.5 Å². The van der Waals surface area contributed by atoms with E-state index < -0.39 is 5.79 Å². The maximum atomic E-state index is 5.38. The van der Waals surface area contributed by atoms with Crippen LogP contribution >= 0.6 is 0 Å². The zero-order chi connectivity index (χ0) is 9.61. The maximum absolute atomic E-state index is 5.38. The second-order valence-electron chi connectivity index (χ2n) is 2.81. The molecule has 0 aromatic rings. The number of allylic oxidation sites excluding steroid dienone is 1. The van der Waals surface area contributed by atoms with Crippen LogP contribution in [0.2, 0.25) is 6.04 Å². The average molecular weight is 188 g/mol. The number of methoxy groups -OCH3 is 2. The first kappa shape index (κ1) is 11.9. The molecule has 0 aromatic carbocycles. The molecule has 3 heteroatoms. The lowest BCUT2D eigenvalue weighted by atomic mass is 10.1. The highest BCUT2D eigenvalue weighted by molar-refractivity contribution is 6.09. The van der Waals surface area contributed by atoms with Gasteiger partial charge in [-0.15, -0.1) is 0 Å². The van der Waals surface area contributed by atoms with Gasteiger partial charge < -0.3 is 9.47 Å². The molecule has 0 aliphatic rings. The van der Waals surface area contributed by atoms with E-state index >= 15 is 0 Å². The van der Waals surface area contributed by atoms with Crippen LogP contribution in [0, 0.1) is 0 Å². The molecule has 0 saturated heterocycles. The molecule has 0 atom stereocenters. The molecule has 0 bridgehead atoms. The fourth-order valence-electron chi connectivity index (χ4n) is 1.43. The Kier molecular flexibility index (Phi) is 5.45. The van der Waals surface area contributed by atoms with Crippen molar-refractivity contribution in [1.29, 1.82) is 0 Å². The van der Waals surface area contributed by atoms with Crippen molar-refractivity contribution >= 4 is 10.2 Å². The predicted molar refractivity (Wildman–Crippen MR) is 55.5 cm³/mol.